The fraction of sp³-hybridized carbons (Fsp3) is 0. The van der Waals surface area contributed by atoms with Gasteiger partial charge in [0.05, 0.1) is 34.3 Å². The van der Waals surface area contributed by atoms with Crippen molar-refractivity contribution in [1.82, 2.24) is 9.55 Å². The smallest absolute Gasteiger partial charge is 0.127 e. The Kier molecular flexibility index (Phi) is 6.67. The van der Waals surface area contributed by atoms with E-state index in [1.807, 2.05) is 91.0 Å². The Labute approximate surface area is 245 Å². The summed E-state index contributed by atoms with van der Waals surface area (Å²) < 4.78 is 2.17. The molecular formula is C34H23N3O2Pt. The number of benzene rings is 5. The first-order chi connectivity index (χ1) is 19.2. The number of hydrogen-bond donors (Lipinski definition) is 2. The number of pyridine rings is 1. The summed E-state index contributed by atoms with van der Waals surface area (Å²) in [4.78, 5) is 9.43. The van der Waals surface area contributed by atoms with Gasteiger partial charge in [0.1, 0.15) is 11.5 Å². The minimum Gasteiger partial charge on any atom is -0.507 e. The molecule has 0 atom stereocenters. The molecule has 5 aromatic carbocycles. The van der Waals surface area contributed by atoms with Crippen LogP contribution in [0.25, 0.3) is 49.5 Å². The summed E-state index contributed by atoms with van der Waals surface area (Å²) in [6.45, 7) is 0. The molecule has 0 amide bonds. The molecule has 196 valence electrons. The van der Waals surface area contributed by atoms with Crippen LogP contribution in [-0.4, -0.2) is 26.0 Å². The molecule has 0 spiro atoms. The molecule has 0 aliphatic heterocycles. The van der Waals surface area contributed by atoms with Gasteiger partial charge in [0.2, 0.25) is 0 Å². The molecule has 0 unspecified atom stereocenters. The van der Waals surface area contributed by atoms with E-state index >= 15 is 0 Å². The quantitative estimate of drug-likeness (QED) is 0.182. The summed E-state index contributed by atoms with van der Waals surface area (Å²) in [6.07, 6.45) is 1.68. The van der Waals surface area contributed by atoms with Gasteiger partial charge in [-0.2, -0.15) is 0 Å². The van der Waals surface area contributed by atoms with Gasteiger partial charge in [-0.3, -0.25) is 4.99 Å². The van der Waals surface area contributed by atoms with Gasteiger partial charge in [-0.1, -0.05) is 66.7 Å². The molecule has 0 aliphatic rings. The van der Waals surface area contributed by atoms with Gasteiger partial charge in [-0.05, 0) is 53.9 Å². The zero-order valence-corrected chi connectivity index (χ0v) is 23.4. The molecule has 7 aromatic rings. The fourth-order valence-corrected chi connectivity index (χ4v) is 5.28. The van der Waals surface area contributed by atoms with Crippen LogP contribution in [0, 0.1) is 0 Å². The van der Waals surface area contributed by atoms with Crippen molar-refractivity contribution in [3.05, 3.63) is 127 Å². The minimum atomic E-state index is 0. The van der Waals surface area contributed by atoms with Crippen LogP contribution in [0.1, 0.15) is 5.69 Å². The minimum absolute atomic E-state index is 0. The van der Waals surface area contributed by atoms with Gasteiger partial charge in [-0.15, -0.1) is 0 Å². The monoisotopic (exact) mass is 700 g/mol. The number of fused-ring (bicyclic) bond motifs is 4. The zero-order chi connectivity index (χ0) is 26.3. The first-order valence-corrected chi connectivity index (χ1v) is 12.7. The van der Waals surface area contributed by atoms with Crippen LogP contribution >= 0.6 is 0 Å². The first kappa shape index (κ1) is 25.5. The van der Waals surface area contributed by atoms with Gasteiger partial charge in [0.15, 0.2) is 0 Å². The Morgan fingerprint density at radius 1 is 0.650 bits per heavy atom. The number of aliphatic imine (C=N–C) groups is 1. The summed E-state index contributed by atoms with van der Waals surface area (Å²) >= 11 is 0. The largest absolute Gasteiger partial charge is 0.507 e. The predicted octanol–water partition coefficient (Wildman–Crippen LogP) is 8.16. The number of rotatable bonds is 4. The zero-order valence-electron chi connectivity index (χ0n) is 21.2. The number of hydrogen-bond acceptors (Lipinski definition) is 4. The van der Waals surface area contributed by atoms with Gasteiger partial charge >= 0.3 is 0 Å². The average Bonchev–Trinajstić information content (AvgIpc) is 3.29. The summed E-state index contributed by atoms with van der Waals surface area (Å²) in [7, 11) is 0. The molecule has 5 nitrogen and oxygen atoms in total. The number of aromatic nitrogens is 2. The van der Waals surface area contributed by atoms with Crippen LogP contribution in [0.15, 0.2) is 126 Å². The Hall–Kier alpha value is -4.73. The van der Waals surface area contributed by atoms with E-state index in [4.69, 9.17) is 4.98 Å². The van der Waals surface area contributed by atoms with E-state index < -0.39 is 0 Å². The van der Waals surface area contributed by atoms with E-state index in [0.29, 0.717) is 28.0 Å². The topological polar surface area (TPSA) is 70.6 Å². The van der Waals surface area contributed by atoms with Crippen LogP contribution in [0.3, 0.4) is 0 Å². The number of nitrogens with zero attached hydrogens (tertiary/aromatic N) is 3. The molecule has 0 saturated carbocycles. The van der Waals surface area contributed by atoms with Crippen molar-refractivity contribution >= 4 is 44.5 Å². The van der Waals surface area contributed by atoms with Crippen molar-refractivity contribution in [2.75, 3.05) is 0 Å². The summed E-state index contributed by atoms with van der Waals surface area (Å²) in [5.41, 5.74) is 5.64. The number of phenols is 2. The van der Waals surface area contributed by atoms with E-state index in [-0.39, 0.29) is 32.6 Å². The summed E-state index contributed by atoms with van der Waals surface area (Å²) in [6, 6.07) is 39.1. The van der Waals surface area contributed by atoms with Crippen molar-refractivity contribution in [3.8, 4) is 28.4 Å². The maximum absolute atomic E-state index is 11.2. The van der Waals surface area contributed by atoms with E-state index in [9.17, 15) is 10.2 Å². The van der Waals surface area contributed by atoms with E-state index in [1.165, 1.54) is 0 Å². The van der Waals surface area contributed by atoms with Crippen LogP contribution < -0.4 is 0 Å². The van der Waals surface area contributed by atoms with Gasteiger partial charge < -0.3 is 14.8 Å². The van der Waals surface area contributed by atoms with Crippen molar-refractivity contribution in [2.24, 2.45) is 4.99 Å². The first-order valence-electron chi connectivity index (χ1n) is 12.7. The van der Waals surface area contributed by atoms with Crippen molar-refractivity contribution in [1.29, 1.82) is 0 Å². The fourth-order valence-electron chi connectivity index (χ4n) is 5.28. The Morgan fingerprint density at radius 2 is 1.40 bits per heavy atom. The number of phenolic OH excluding ortho intramolecular Hbond substituents is 2. The molecule has 0 radical (unpaired) electrons. The van der Waals surface area contributed by atoms with Crippen LogP contribution in [0.2, 0.25) is 0 Å². The molecule has 0 saturated heterocycles. The normalized spacial score (nSPS) is 11.4. The standard InChI is InChI=1S/C34H23N3O2.Pt/c38-32-18-7-10-22-9-6-16-29(34(22)32)35-21-23-11-8-15-28(36-23)27-19-26-25-14-4-5-17-30(25)37(31(26)20-33(27)39)24-12-2-1-3-13-24;/h1-21,38-39H;. The second kappa shape index (κ2) is 10.4. The maximum Gasteiger partial charge on any atom is 0.127 e. The van der Waals surface area contributed by atoms with Gasteiger partial charge in [-0.25, -0.2) is 4.98 Å². The number of aromatic hydroxyl groups is 2. The Balaban J connectivity index is 0.00000289. The summed E-state index contributed by atoms with van der Waals surface area (Å²) in [5, 5.41) is 25.3. The molecular weight excluding hydrogens is 677 g/mol. The van der Waals surface area contributed by atoms with Crippen molar-refractivity contribution in [2.45, 2.75) is 0 Å². The van der Waals surface area contributed by atoms with E-state index in [2.05, 4.69) is 33.8 Å². The molecule has 40 heavy (non-hydrogen) atoms. The second-order valence-corrected chi connectivity index (χ2v) is 9.43. The van der Waals surface area contributed by atoms with E-state index in [1.54, 1.807) is 12.3 Å². The van der Waals surface area contributed by atoms with Crippen LogP contribution in [0.4, 0.5) is 5.69 Å². The number of para-hydroxylation sites is 2. The third-order valence-corrected chi connectivity index (χ3v) is 7.05. The van der Waals surface area contributed by atoms with Crippen molar-refractivity contribution < 1.29 is 31.3 Å². The van der Waals surface area contributed by atoms with Crippen LogP contribution in [-0.2, 0) is 21.1 Å². The van der Waals surface area contributed by atoms with Gasteiger partial charge in [0, 0.05) is 54.5 Å². The third-order valence-electron chi connectivity index (χ3n) is 7.05. The summed E-state index contributed by atoms with van der Waals surface area (Å²) in [5.74, 6) is 0.345. The third kappa shape index (κ3) is 4.35. The molecule has 2 heterocycles. The molecule has 0 bridgehead atoms. The average molecular weight is 701 g/mol. The molecule has 0 aliphatic carbocycles. The SMILES string of the molecule is Oc1cc2c(cc1-c1cccc(C=Nc3cccc4cccc(O)c34)n1)c1ccccc1n2-c1ccccc1.[Pt]. The Bertz CT molecular complexity index is 2040. The predicted molar refractivity (Wildman–Crippen MR) is 159 cm³/mol. The van der Waals surface area contributed by atoms with E-state index in [0.717, 1.165) is 32.9 Å². The maximum atomic E-state index is 11.2. The molecule has 2 N–H and O–H groups in total. The van der Waals surface area contributed by atoms with Gasteiger partial charge in [0.25, 0.3) is 0 Å². The Morgan fingerprint density at radius 3 is 2.25 bits per heavy atom. The second-order valence-electron chi connectivity index (χ2n) is 9.43. The molecule has 2 aromatic heterocycles. The van der Waals surface area contributed by atoms with Crippen LogP contribution in [0.5, 0.6) is 11.5 Å². The molecule has 0 fully saturated rings. The molecule has 6 heteroatoms. The van der Waals surface area contributed by atoms with Crippen molar-refractivity contribution in [3.63, 3.8) is 0 Å². The molecule has 7 rings (SSSR count).